The summed E-state index contributed by atoms with van der Waals surface area (Å²) in [5.74, 6) is -0.494. The topological polar surface area (TPSA) is 90.0 Å². The van der Waals surface area contributed by atoms with Crippen LogP contribution in [0.4, 0.5) is 5.69 Å². The molecule has 0 radical (unpaired) electrons. The molecule has 8 heteroatoms. The number of para-hydroxylation sites is 1. The summed E-state index contributed by atoms with van der Waals surface area (Å²) in [5.41, 5.74) is 1.08. The standard InChI is InChI=1S/C19H19NO6S/c1-25-18-6-3-2-5-16(18)17(21)13-26-19(22)14-7-9-15(10-8-14)20-11-4-12-27(20,23)24/h2-3,5-10H,4,11-13H2,1H3. The van der Waals surface area contributed by atoms with E-state index in [9.17, 15) is 18.0 Å². The second kappa shape index (κ2) is 7.79. The van der Waals surface area contributed by atoms with Crippen molar-refractivity contribution in [1.82, 2.24) is 0 Å². The van der Waals surface area contributed by atoms with E-state index in [1.165, 1.54) is 23.5 Å². The molecule has 0 atom stereocenters. The summed E-state index contributed by atoms with van der Waals surface area (Å²) in [6.07, 6.45) is 0.581. The number of ketones is 1. The third-order valence-electron chi connectivity index (χ3n) is 4.23. The lowest BCUT2D eigenvalue weighted by Gasteiger charge is -2.16. The lowest BCUT2D eigenvalue weighted by Crippen LogP contribution is -2.25. The maximum atomic E-state index is 12.2. The van der Waals surface area contributed by atoms with Crippen molar-refractivity contribution in [2.24, 2.45) is 0 Å². The molecule has 2 aromatic rings. The first-order valence-electron chi connectivity index (χ1n) is 8.36. The highest BCUT2D eigenvalue weighted by Crippen LogP contribution is 2.24. The van der Waals surface area contributed by atoms with Crippen LogP contribution in [0.2, 0.25) is 0 Å². The van der Waals surface area contributed by atoms with Gasteiger partial charge in [0.1, 0.15) is 5.75 Å². The predicted octanol–water partition coefficient (Wildman–Crippen LogP) is 2.27. The zero-order chi connectivity index (χ0) is 19.4. The molecule has 7 nitrogen and oxygen atoms in total. The Hall–Kier alpha value is -2.87. The molecule has 142 valence electrons. The van der Waals surface area contributed by atoms with Crippen LogP contribution >= 0.6 is 0 Å². The fraction of sp³-hybridized carbons (Fsp3) is 0.263. The average molecular weight is 389 g/mol. The van der Waals surface area contributed by atoms with Crippen molar-refractivity contribution >= 4 is 27.5 Å². The number of esters is 1. The van der Waals surface area contributed by atoms with Gasteiger partial charge in [-0.2, -0.15) is 0 Å². The van der Waals surface area contributed by atoms with Crippen LogP contribution in [-0.2, 0) is 14.8 Å². The average Bonchev–Trinajstić information content (AvgIpc) is 3.04. The Balaban J connectivity index is 1.64. The summed E-state index contributed by atoms with van der Waals surface area (Å²) >= 11 is 0. The van der Waals surface area contributed by atoms with E-state index in [1.807, 2.05) is 0 Å². The molecule has 1 fully saturated rings. The van der Waals surface area contributed by atoms with E-state index in [4.69, 9.17) is 9.47 Å². The van der Waals surface area contributed by atoms with Gasteiger partial charge in [0.05, 0.1) is 29.7 Å². The number of carbonyl (C=O) groups is 2. The number of Topliss-reactive ketones (excluding diaryl/α,β-unsaturated/α-hetero) is 1. The smallest absolute Gasteiger partial charge is 0.338 e. The normalized spacial score (nSPS) is 15.4. The number of hydrogen-bond donors (Lipinski definition) is 0. The Bertz CT molecular complexity index is 952. The lowest BCUT2D eigenvalue weighted by molar-refractivity contribution is 0.0474. The highest BCUT2D eigenvalue weighted by molar-refractivity contribution is 7.93. The van der Waals surface area contributed by atoms with Gasteiger partial charge in [-0.25, -0.2) is 13.2 Å². The van der Waals surface area contributed by atoms with Crippen LogP contribution in [0.25, 0.3) is 0 Å². The molecular formula is C19H19NO6S. The fourth-order valence-corrected chi connectivity index (χ4v) is 4.42. The molecule has 1 heterocycles. The molecule has 0 aliphatic carbocycles. The Kier molecular flexibility index (Phi) is 5.46. The minimum atomic E-state index is -3.27. The Morgan fingerprint density at radius 2 is 1.78 bits per heavy atom. The SMILES string of the molecule is COc1ccccc1C(=O)COC(=O)c1ccc(N2CCCS2(=O)=O)cc1. The van der Waals surface area contributed by atoms with Gasteiger partial charge in [0, 0.05) is 6.54 Å². The monoisotopic (exact) mass is 389 g/mol. The molecule has 0 aromatic heterocycles. The van der Waals surface area contributed by atoms with Crippen LogP contribution in [-0.4, -0.2) is 46.2 Å². The Morgan fingerprint density at radius 3 is 2.41 bits per heavy atom. The van der Waals surface area contributed by atoms with E-state index >= 15 is 0 Å². The Labute approximate surface area is 157 Å². The quantitative estimate of drug-likeness (QED) is 0.556. The highest BCUT2D eigenvalue weighted by Gasteiger charge is 2.28. The Morgan fingerprint density at radius 1 is 1.07 bits per heavy atom. The van der Waals surface area contributed by atoms with Crippen LogP contribution in [0.15, 0.2) is 48.5 Å². The fourth-order valence-electron chi connectivity index (χ4n) is 2.86. The second-order valence-corrected chi connectivity index (χ2v) is 8.00. The van der Waals surface area contributed by atoms with Gasteiger partial charge in [-0.05, 0) is 42.8 Å². The molecule has 0 amide bonds. The zero-order valence-electron chi connectivity index (χ0n) is 14.8. The first-order chi connectivity index (χ1) is 12.9. The van der Waals surface area contributed by atoms with Crippen molar-refractivity contribution in [2.45, 2.75) is 6.42 Å². The van der Waals surface area contributed by atoms with E-state index in [-0.39, 0.29) is 17.1 Å². The maximum absolute atomic E-state index is 12.2. The number of carbonyl (C=O) groups excluding carboxylic acids is 2. The van der Waals surface area contributed by atoms with E-state index < -0.39 is 22.6 Å². The number of anilines is 1. The number of nitrogens with zero attached hydrogens (tertiary/aromatic N) is 1. The predicted molar refractivity (Wildman–Crippen MR) is 99.8 cm³/mol. The van der Waals surface area contributed by atoms with Gasteiger partial charge in [0.25, 0.3) is 0 Å². The minimum absolute atomic E-state index is 0.127. The zero-order valence-corrected chi connectivity index (χ0v) is 15.6. The van der Waals surface area contributed by atoms with Gasteiger partial charge in [-0.1, -0.05) is 12.1 Å². The molecular weight excluding hydrogens is 370 g/mol. The van der Waals surface area contributed by atoms with Crippen molar-refractivity contribution in [3.05, 3.63) is 59.7 Å². The van der Waals surface area contributed by atoms with Crippen LogP contribution < -0.4 is 9.04 Å². The third-order valence-corrected chi connectivity index (χ3v) is 6.10. The second-order valence-electron chi connectivity index (χ2n) is 5.99. The van der Waals surface area contributed by atoms with E-state index in [0.717, 1.165) is 0 Å². The molecule has 1 saturated heterocycles. The molecule has 27 heavy (non-hydrogen) atoms. The molecule has 3 rings (SSSR count). The van der Waals surface area contributed by atoms with Crippen molar-refractivity contribution in [2.75, 3.05) is 30.3 Å². The first-order valence-corrected chi connectivity index (χ1v) is 9.97. The van der Waals surface area contributed by atoms with Crippen molar-refractivity contribution in [3.63, 3.8) is 0 Å². The number of sulfonamides is 1. The third kappa shape index (κ3) is 4.11. The molecule has 0 unspecified atom stereocenters. The highest BCUT2D eigenvalue weighted by atomic mass is 32.2. The van der Waals surface area contributed by atoms with Crippen LogP contribution in [0.3, 0.4) is 0 Å². The van der Waals surface area contributed by atoms with Gasteiger partial charge in [0.15, 0.2) is 6.61 Å². The maximum Gasteiger partial charge on any atom is 0.338 e. The minimum Gasteiger partial charge on any atom is -0.496 e. The van der Waals surface area contributed by atoms with E-state index in [2.05, 4.69) is 0 Å². The van der Waals surface area contributed by atoms with Crippen molar-refractivity contribution in [3.8, 4) is 5.75 Å². The van der Waals surface area contributed by atoms with Gasteiger partial charge < -0.3 is 9.47 Å². The lowest BCUT2D eigenvalue weighted by atomic mass is 10.1. The van der Waals surface area contributed by atoms with Crippen molar-refractivity contribution in [1.29, 1.82) is 0 Å². The van der Waals surface area contributed by atoms with Crippen molar-refractivity contribution < 1.29 is 27.5 Å². The number of ether oxygens (including phenoxy) is 2. The van der Waals surface area contributed by atoms with Crippen LogP contribution in [0.5, 0.6) is 5.75 Å². The molecule has 0 saturated carbocycles. The number of methoxy groups -OCH3 is 1. The van der Waals surface area contributed by atoms with Crippen LogP contribution in [0, 0.1) is 0 Å². The molecule has 0 N–H and O–H groups in total. The molecule has 0 bridgehead atoms. The molecule has 0 spiro atoms. The number of benzene rings is 2. The van der Waals surface area contributed by atoms with Gasteiger partial charge in [-0.15, -0.1) is 0 Å². The summed E-state index contributed by atoms with van der Waals surface area (Å²) < 4.78 is 35.4. The largest absolute Gasteiger partial charge is 0.496 e. The molecule has 2 aromatic carbocycles. The van der Waals surface area contributed by atoms with Gasteiger partial charge in [-0.3, -0.25) is 9.10 Å². The van der Waals surface area contributed by atoms with E-state index in [1.54, 1.807) is 36.4 Å². The summed E-state index contributed by atoms with van der Waals surface area (Å²) in [5, 5.41) is 0. The first kappa shape index (κ1) is 18.9. The number of rotatable bonds is 6. The summed E-state index contributed by atoms with van der Waals surface area (Å²) in [7, 11) is -1.81. The van der Waals surface area contributed by atoms with E-state index in [0.29, 0.717) is 30.0 Å². The number of hydrogen-bond acceptors (Lipinski definition) is 6. The van der Waals surface area contributed by atoms with Gasteiger partial charge in [0.2, 0.25) is 15.8 Å². The van der Waals surface area contributed by atoms with Gasteiger partial charge >= 0.3 is 5.97 Å². The van der Waals surface area contributed by atoms with Crippen LogP contribution in [0.1, 0.15) is 27.1 Å². The molecule has 1 aliphatic rings. The summed E-state index contributed by atoms with van der Waals surface area (Å²) in [6, 6.07) is 12.8. The summed E-state index contributed by atoms with van der Waals surface area (Å²) in [6.45, 7) is 0.0149. The molecule has 1 aliphatic heterocycles. The summed E-state index contributed by atoms with van der Waals surface area (Å²) in [4.78, 5) is 24.4.